The quantitative estimate of drug-likeness (QED) is 0.575. The maximum Gasteiger partial charge on any atom is 0.159 e. The summed E-state index contributed by atoms with van der Waals surface area (Å²) in [5, 5.41) is 13.0. The lowest BCUT2D eigenvalue weighted by Gasteiger charge is -2.35. The molecule has 0 heterocycles. The Labute approximate surface area is 90.0 Å². The Balaban J connectivity index is 1.85. The van der Waals surface area contributed by atoms with Gasteiger partial charge in [0.05, 0.1) is 12.1 Å². The molecule has 0 aromatic carbocycles. The first-order valence-corrected chi connectivity index (χ1v) is 5.97. The number of hydrogen-bond acceptors (Lipinski definition) is 4. The third-order valence-electron chi connectivity index (χ3n) is 3.67. The maximum atomic E-state index is 10.6. The summed E-state index contributed by atoms with van der Waals surface area (Å²) in [5.74, 6) is -0.0724. The second kappa shape index (κ2) is 5.03. The zero-order valence-corrected chi connectivity index (χ0v) is 8.97. The Morgan fingerprint density at radius 1 is 1.13 bits per heavy atom. The highest BCUT2D eigenvalue weighted by Crippen LogP contribution is 2.32. The van der Waals surface area contributed by atoms with Gasteiger partial charge in [0.25, 0.3) is 0 Å². The van der Waals surface area contributed by atoms with E-state index in [9.17, 15) is 10.0 Å². The zero-order chi connectivity index (χ0) is 10.7. The van der Waals surface area contributed by atoms with E-state index < -0.39 is 6.29 Å². The number of nitrogens with zero attached hydrogens (tertiary/aromatic N) is 1. The van der Waals surface area contributed by atoms with Crippen molar-refractivity contribution in [2.75, 3.05) is 0 Å². The van der Waals surface area contributed by atoms with Crippen molar-refractivity contribution in [2.45, 2.75) is 63.4 Å². The Bertz CT molecular complexity index is 218. The van der Waals surface area contributed by atoms with Gasteiger partial charge in [0.1, 0.15) is 0 Å². The highest BCUT2D eigenvalue weighted by atomic mass is 16.6. The van der Waals surface area contributed by atoms with Crippen LogP contribution in [0.25, 0.3) is 0 Å². The molecule has 0 amide bonds. The smallest absolute Gasteiger partial charge is 0.159 e. The molecule has 0 radical (unpaired) electrons. The molecule has 1 N–H and O–H groups in total. The maximum absolute atomic E-state index is 10.6. The number of hydrogen-bond donors (Lipinski definition) is 1. The predicted octanol–water partition coefficient (Wildman–Crippen LogP) is 2.20. The summed E-state index contributed by atoms with van der Waals surface area (Å²) in [7, 11) is 0. The van der Waals surface area contributed by atoms with E-state index in [0.29, 0.717) is 0 Å². The lowest BCUT2D eigenvalue weighted by atomic mass is 9.84. The molecule has 2 rings (SSSR count). The fourth-order valence-electron chi connectivity index (χ4n) is 2.41. The third kappa shape index (κ3) is 2.55. The van der Waals surface area contributed by atoms with E-state index >= 15 is 0 Å². The zero-order valence-electron chi connectivity index (χ0n) is 8.97. The molecule has 2 saturated carbocycles. The first kappa shape index (κ1) is 11.0. The molecule has 3 atom stereocenters. The van der Waals surface area contributed by atoms with Crippen molar-refractivity contribution in [2.24, 2.45) is 11.1 Å². The Hall–Kier alpha value is -0.480. The van der Waals surface area contributed by atoms with Crippen LogP contribution in [-0.2, 0) is 4.74 Å². The molecule has 2 fully saturated rings. The summed E-state index contributed by atoms with van der Waals surface area (Å²) in [4.78, 5) is 10.6. The van der Waals surface area contributed by atoms with Crippen molar-refractivity contribution in [3.8, 4) is 0 Å². The van der Waals surface area contributed by atoms with Crippen LogP contribution in [0.15, 0.2) is 5.18 Å². The fraction of sp³-hybridized carbons (Fsp3) is 1.00. The Morgan fingerprint density at radius 3 is 2.47 bits per heavy atom. The summed E-state index contributed by atoms with van der Waals surface area (Å²) in [5.41, 5.74) is 0. The lowest BCUT2D eigenvalue weighted by molar-refractivity contribution is -0.189. The predicted molar refractivity (Wildman–Crippen MR) is 56.3 cm³/mol. The van der Waals surface area contributed by atoms with E-state index in [1.807, 2.05) is 0 Å². The SMILES string of the molecule is O=NC1CCCCC1C(O)OC1CCC1. The van der Waals surface area contributed by atoms with Gasteiger partial charge in [-0.3, -0.25) is 0 Å². The van der Waals surface area contributed by atoms with Crippen molar-refractivity contribution >= 4 is 0 Å². The van der Waals surface area contributed by atoms with Gasteiger partial charge >= 0.3 is 0 Å². The topological polar surface area (TPSA) is 58.9 Å². The second-order valence-corrected chi connectivity index (χ2v) is 4.70. The molecule has 86 valence electrons. The van der Waals surface area contributed by atoms with E-state index in [4.69, 9.17) is 4.74 Å². The van der Waals surface area contributed by atoms with E-state index in [-0.39, 0.29) is 18.1 Å². The summed E-state index contributed by atoms with van der Waals surface area (Å²) in [6.45, 7) is 0. The van der Waals surface area contributed by atoms with Crippen LogP contribution in [0.3, 0.4) is 0 Å². The van der Waals surface area contributed by atoms with Crippen LogP contribution in [0.4, 0.5) is 0 Å². The van der Waals surface area contributed by atoms with Gasteiger partial charge in [0.15, 0.2) is 6.29 Å². The van der Waals surface area contributed by atoms with Crippen LogP contribution in [0.5, 0.6) is 0 Å². The molecule has 0 aromatic heterocycles. The molecule has 2 aliphatic rings. The fourth-order valence-corrected chi connectivity index (χ4v) is 2.41. The number of aliphatic hydroxyl groups excluding tert-OH is 1. The first-order chi connectivity index (χ1) is 7.31. The minimum absolute atomic E-state index is 0.0724. The molecule has 15 heavy (non-hydrogen) atoms. The first-order valence-electron chi connectivity index (χ1n) is 5.97. The number of ether oxygens (including phenoxy) is 1. The summed E-state index contributed by atoms with van der Waals surface area (Å²) >= 11 is 0. The van der Waals surface area contributed by atoms with E-state index in [2.05, 4.69) is 5.18 Å². The largest absolute Gasteiger partial charge is 0.368 e. The minimum Gasteiger partial charge on any atom is -0.368 e. The molecule has 0 spiro atoms. The van der Waals surface area contributed by atoms with Crippen molar-refractivity contribution in [3.63, 3.8) is 0 Å². The second-order valence-electron chi connectivity index (χ2n) is 4.70. The van der Waals surface area contributed by atoms with Gasteiger partial charge in [-0.2, -0.15) is 4.91 Å². The summed E-state index contributed by atoms with van der Waals surface area (Å²) < 4.78 is 5.51. The highest BCUT2D eigenvalue weighted by molar-refractivity contribution is 4.83. The summed E-state index contributed by atoms with van der Waals surface area (Å²) in [6.07, 6.45) is 6.50. The third-order valence-corrected chi connectivity index (χ3v) is 3.67. The van der Waals surface area contributed by atoms with Gasteiger partial charge in [0, 0.05) is 5.92 Å². The van der Waals surface area contributed by atoms with Gasteiger partial charge in [-0.25, -0.2) is 0 Å². The highest BCUT2D eigenvalue weighted by Gasteiger charge is 2.34. The number of rotatable bonds is 4. The van der Waals surface area contributed by atoms with Crippen molar-refractivity contribution in [3.05, 3.63) is 4.91 Å². The number of aliphatic hydroxyl groups is 1. The van der Waals surface area contributed by atoms with E-state index in [0.717, 1.165) is 38.5 Å². The molecule has 0 bridgehead atoms. The van der Waals surface area contributed by atoms with Crippen LogP contribution in [-0.4, -0.2) is 23.5 Å². The van der Waals surface area contributed by atoms with Crippen LogP contribution in [0, 0.1) is 10.8 Å². The minimum atomic E-state index is -0.779. The van der Waals surface area contributed by atoms with E-state index in [1.54, 1.807) is 0 Å². The number of nitroso groups, excluding NO2 is 1. The van der Waals surface area contributed by atoms with Crippen molar-refractivity contribution in [1.29, 1.82) is 0 Å². The Kier molecular flexibility index (Phi) is 3.70. The van der Waals surface area contributed by atoms with Crippen LogP contribution >= 0.6 is 0 Å². The Morgan fingerprint density at radius 2 is 1.87 bits per heavy atom. The van der Waals surface area contributed by atoms with Crippen LogP contribution in [0.1, 0.15) is 44.9 Å². The van der Waals surface area contributed by atoms with Crippen molar-refractivity contribution < 1.29 is 9.84 Å². The molecule has 3 unspecified atom stereocenters. The van der Waals surface area contributed by atoms with E-state index in [1.165, 1.54) is 6.42 Å². The molecule has 0 aromatic rings. The van der Waals surface area contributed by atoms with Crippen molar-refractivity contribution in [1.82, 2.24) is 0 Å². The van der Waals surface area contributed by atoms with Gasteiger partial charge in [-0.05, 0) is 32.1 Å². The molecular weight excluding hydrogens is 194 g/mol. The van der Waals surface area contributed by atoms with Crippen LogP contribution < -0.4 is 0 Å². The average molecular weight is 213 g/mol. The molecule has 0 aliphatic heterocycles. The standard InChI is InChI=1S/C11H19NO3/c13-11(15-8-4-3-5-8)9-6-1-2-7-10(9)12-14/h8-11,13H,1-7H2. The molecule has 0 saturated heterocycles. The monoisotopic (exact) mass is 213 g/mol. The van der Waals surface area contributed by atoms with Crippen LogP contribution in [0.2, 0.25) is 0 Å². The normalized spacial score (nSPS) is 34.5. The summed E-state index contributed by atoms with van der Waals surface area (Å²) in [6, 6.07) is -0.242. The molecule has 2 aliphatic carbocycles. The molecule has 4 nitrogen and oxygen atoms in total. The van der Waals surface area contributed by atoms with Gasteiger partial charge in [0.2, 0.25) is 0 Å². The lowest BCUT2D eigenvalue weighted by Crippen LogP contribution is -2.38. The van der Waals surface area contributed by atoms with Gasteiger partial charge in [-0.1, -0.05) is 18.0 Å². The average Bonchev–Trinajstić information content (AvgIpc) is 2.23. The molecular formula is C11H19NO3. The van der Waals surface area contributed by atoms with Gasteiger partial charge < -0.3 is 9.84 Å². The van der Waals surface area contributed by atoms with Gasteiger partial charge in [-0.15, -0.1) is 0 Å². The molecule has 4 heteroatoms.